The van der Waals surface area contributed by atoms with E-state index in [0.717, 1.165) is 30.0 Å². The summed E-state index contributed by atoms with van der Waals surface area (Å²) in [5.74, 6) is 0.0777. The fourth-order valence-electron chi connectivity index (χ4n) is 3.95. The minimum atomic E-state index is -0.269. The topological polar surface area (TPSA) is 64.1 Å². The maximum Gasteiger partial charge on any atom is 0.228 e. The van der Waals surface area contributed by atoms with Crippen molar-refractivity contribution in [3.05, 3.63) is 54.1 Å². The summed E-state index contributed by atoms with van der Waals surface area (Å²) in [5, 5.41) is 9.43. The molecule has 0 radical (unpaired) electrons. The van der Waals surface area contributed by atoms with E-state index in [1.807, 2.05) is 48.2 Å². The molecule has 0 saturated carbocycles. The molecular weight excluding hydrogens is 354 g/mol. The van der Waals surface area contributed by atoms with E-state index in [4.69, 9.17) is 0 Å². The highest BCUT2D eigenvalue weighted by Gasteiger charge is 2.37. The first-order chi connectivity index (χ1) is 13.5. The zero-order chi connectivity index (χ0) is 19.7. The third-order valence-corrected chi connectivity index (χ3v) is 5.63. The molecule has 4 rings (SSSR count). The molecule has 1 N–H and O–H groups in total. The molecule has 146 valence electrons. The summed E-state index contributed by atoms with van der Waals surface area (Å²) in [6.07, 6.45) is 0.283. The second-order valence-corrected chi connectivity index (χ2v) is 7.57. The van der Waals surface area contributed by atoms with E-state index in [1.165, 1.54) is 0 Å². The number of hydrogen-bond acceptors (Lipinski definition) is 4. The second-order valence-electron chi connectivity index (χ2n) is 7.57. The first kappa shape index (κ1) is 18.3. The standard InChI is InChI=1S/C22H25N3O3/c1-16-2-4-19(5-3-16)25-15-17(14-21(25)27)22(28)24-12-10-23(11-13-24)18-6-8-20(26)9-7-18/h2-9,17,26H,10-15H2,1H3. The number of phenolic OH excluding ortho intramolecular Hbond substituents is 1. The highest BCUT2D eigenvalue weighted by Crippen LogP contribution is 2.27. The molecule has 1 atom stereocenters. The number of aromatic hydroxyl groups is 1. The van der Waals surface area contributed by atoms with Crippen molar-refractivity contribution >= 4 is 23.2 Å². The molecule has 0 aromatic heterocycles. The summed E-state index contributed by atoms with van der Waals surface area (Å²) in [6.45, 7) is 5.26. The summed E-state index contributed by atoms with van der Waals surface area (Å²) in [5.41, 5.74) is 3.06. The monoisotopic (exact) mass is 379 g/mol. The summed E-state index contributed by atoms with van der Waals surface area (Å²) in [7, 11) is 0. The molecule has 0 spiro atoms. The Hall–Kier alpha value is -3.02. The van der Waals surface area contributed by atoms with Crippen molar-refractivity contribution in [1.82, 2.24) is 4.90 Å². The van der Waals surface area contributed by atoms with Gasteiger partial charge < -0.3 is 19.8 Å². The van der Waals surface area contributed by atoms with E-state index in [0.29, 0.717) is 19.6 Å². The van der Waals surface area contributed by atoms with Crippen molar-refractivity contribution in [2.75, 3.05) is 42.5 Å². The number of carbonyl (C=O) groups is 2. The van der Waals surface area contributed by atoms with Crippen LogP contribution in [0.25, 0.3) is 0 Å². The Labute approximate surface area is 165 Å². The van der Waals surface area contributed by atoms with Gasteiger partial charge in [0.1, 0.15) is 5.75 Å². The van der Waals surface area contributed by atoms with E-state index in [9.17, 15) is 14.7 Å². The van der Waals surface area contributed by atoms with Crippen LogP contribution in [0.15, 0.2) is 48.5 Å². The van der Waals surface area contributed by atoms with Gasteiger partial charge in [0.25, 0.3) is 0 Å². The lowest BCUT2D eigenvalue weighted by atomic mass is 10.1. The molecule has 6 heteroatoms. The molecule has 2 heterocycles. The zero-order valence-corrected chi connectivity index (χ0v) is 16.0. The number of rotatable bonds is 3. The molecule has 2 aliphatic rings. The number of carbonyl (C=O) groups excluding carboxylic acids is 2. The highest BCUT2D eigenvalue weighted by atomic mass is 16.3. The van der Waals surface area contributed by atoms with Crippen LogP contribution < -0.4 is 9.80 Å². The molecule has 6 nitrogen and oxygen atoms in total. The quantitative estimate of drug-likeness (QED) is 0.890. The van der Waals surface area contributed by atoms with E-state index < -0.39 is 0 Å². The lowest BCUT2D eigenvalue weighted by molar-refractivity contribution is -0.136. The van der Waals surface area contributed by atoms with Crippen LogP contribution in [0.5, 0.6) is 5.75 Å². The summed E-state index contributed by atoms with van der Waals surface area (Å²) in [4.78, 5) is 31.2. The Morgan fingerprint density at radius 2 is 1.54 bits per heavy atom. The Morgan fingerprint density at radius 1 is 0.929 bits per heavy atom. The van der Waals surface area contributed by atoms with E-state index >= 15 is 0 Å². The van der Waals surface area contributed by atoms with Gasteiger partial charge in [-0.25, -0.2) is 0 Å². The first-order valence-electron chi connectivity index (χ1n) is 9.71. The fraction of sp³-hybridized carbons (Fsp3) is 0.364. The summed E-state index contributed by atoms with van der Waals surface area (Å²) < 4.78 is 0. The van der Waals surface area contributed by atoms with Gasteiger partial charge in [0, 0.05) is 50.5 Å². The van der Waals surface area contributed by atoms with E-state index in [-0.39, 0.29) is 29.9 Å². The lowest BCUT2D eigenvalue weighted by Gasteiger charge is -2.37. The van der Waals surface area contributed by atoms with Gasteiger partial charge >= 0.3 is 0 Å². The van der Waals surface area contributed by atoms with Gasteiger partial charge in [0.2, 0.25) is 11.8 Å². The lowest BCUT2D eigenvalue weighted by Crippen LogP contribution is -2.50. The summed E-state index contributed by atoms with van der Waals surface area (Å²) >= 11 is 0. The van der Waals surface area contributed by atoms with Crippen LogP contribution >= 0.6 is 0 Å². The smallest absolute Gasteiger partial charge is 0.228 e. The van der Waals surface area contributed by atoms with Crippen LogP contribution in [-0.2, 0) is 9.59 Å². The van der Waals surface area contributed by atoms with Crippen LogP contribution in [0.4, 0.5) is 11.4 Å². The van der Waals surface area contributed by atoms with Crippen molar-refractivity contribution < 1.29 is 14.7 Å². The van der Waals surface area contributed by atoms with E-state index in [1.54, 1.807) is 17.0 Å². The van der Waals surface area contributed by atoms with Gasteiger partial charge in [-0.2, -0.15) is 0 Å². The van der Waals surface area contributed by atoms with Crippen molar-refractivity contribution in [3.63, 3.8) is 0 Å². The zero-order valence-electron chi connectivity index (χ0n) is 16.0. The molecular formula is C22H25N3O3. The summed E-state index contributed by atoms with van der Waals surface area (Å²) in [6, 6.07) is 15.0. The SMILES string of the molecule is Cc1ccc(N2CC(C(=O)N3CCN(c4ccc(O)cc4)CC3)CC2=O)cc1. The van der Waals surface area contributed by atoms with Gasteiger partial charge in [-0.1, -0.05) is 17.7 Å². The number of aryl methyl sites for hydroxylation is 1. The van der Waals surface area contributed by atoms with Gasteiger partial charge in [-0.15, -0.1) is 0 Å². The fourth-order valence-corrected chi connectivity index (χ4v) is 3.95. The Morgan fingerprint density at radius 3 is 2.18 bits per heavy atom. The third kappa shape index (κ3) is 3.67. The molecule has 0 bridgehead atoms. The molecule has 2 aromatic rings. The number of piperazine rings is 1. The molecule has 2 aliphatic heterocycles. The molecule has 2 saturated heterocycles. The Balaban J connectivity index is 1.36. The van der Waals surface area contributed by atoms with Gasteiger partial charge in [-0.3, -0.25) is 9.59 Å². The number of nitrogens with zero attached hydrogens (tertiary/aromatic N) is 3. The molecule has 2 fully saturated rings. The second kappa shape index (κ2) is 7.54. The number of hydrogen-bond donors (Lipinski definition) is 1. The number of phenols is 1. The maximum absolute atomic E-state index is 13.0. The number of benzene rings is 2. The largest absolute Gasteiger partial charge is 0.508 e. The Kier molecular flexibility index (Phi) is 4.94. The minimum Gasteiger partial charge on any atom is -0.508 e. The number of anilines is 2. The van der Waals surface area contributed by atoms with Crippen LogP contribution in [0.1, 0.15) is 12.0 Å². The van der Waals surface area contributed by atoms with Gasteiger partial charge in [0.05, 0.1) is 5.92 Å². The minimum absolute atomic E-state index is 0.0185. The third-order valence-electron chi connectivity index (χ3n) is 5.63. The molecule has 2 amide bonds. The molecule has 0 aliphatic carbocycles. The van der Waals surface area contributed by atoms with Crippen LogP contribution in [-0.4, -0.2) is 54.5 Å². The van der Waals surface area contributed by atoms with Crippen molar-refractivity contribution in [3.8, 4) is 5.75 Å². The number of amides is 2. The van der Waals surface area contributed by atoms with Crippen LogP contribution in [0, 0.1) is 12.8 Å². The van der Waals surface area contributed by atoms with Crippen molar-refractivity contribution in [2.24, 2.45) is 5.92 Å². The average molecular weight is 379 g/mol. The van der Waals surface area contributed by atoms with Crippen LogP contribution in [0.2, 0.25) is 0 Å². The van der Waals surface area contributed by atoms with Crippen LogP contribution in [0.3, 0.4) is 0 Å². The Bertz CT molecular complexity index is 856. The highest BCUT2D eigenvalue weighted by molar-refractivity contribution is 6.00. The molecule has 2 aromatic carbocycles. The van der Waals surface area contributed by atoms with E-state index in [2.05, 4.69) is 4.90 Å². The van der Waals surface area contributed by atoms with Crippen molar-refractivity contribution in [2.45, 2.75) is 13.3 Å². The van der Waals surface area contributed by atoms with Crippen molar-refractivity contribution in [1.29, 1.82) is 0 Å². The van der Waals surface area contributed by atoms with Gasteiger partial charge in [0.15, 0.2) is 0 Å². The predicted molar refractivity (Wildman–Crippen MR) is 109 cm³/mol. The average Bonchev–Trinajstić information content (AvgIpc) is 3.10. The first-order valence-corrected chi connectivity index (χ1v) is 9.71. The van der Waals surface area contributed by atoms with Gasteiger partial charge in [-0.05, 0) is 43.3 Å². The molecule has 1 unspecified atom stereocenters. The maximum atomic E-state index is 13.0. The predicted octanol–water partition coefficient (Wildman–Crippen LogP) is 2.40. The molecule has 28 heavy (non-hydrogen) atoms. The normalized spacial score (nSPS) is 20.0.